The summed E-state index contributed by atoms with van der Waals surface area (Å²) in [6.45, 7) is 8.58. The summed E-state index contributed by atoms with van der Waals surface area (Å²) in [5.41, 5.74) is 18.1. The minimum Gasteiger partial charge on any atom is -0.456 e. The minimum absolute atomic E-state index is 0.239. The number of rotatable bonds is 4. The van der Waals surface area contributed by atoms with Gasteiger partial charge in [0.2, 0.25) is 0 Å². The minimum atomic E-state index is 0.239. The van der Waals surface area contributed by atoms with Gasteiger partial charge in [-0.3, -0.25) is 0 Å². The van der Waals surface area contributed by atoms with Crippen LogP contribution in [-0.2, 0) is 0 Å². The lowest BCUT2D eigenvalue weighted by atomic mass is 9.98. The number of aryl methyl sites for hydroxylation is 4. The molecule has 0 aliphatic rings. The SMILES string of the molecule is Cc1ccc2c(c1)c1cc(C)ccc1n2-c1c(-n2c3ccc(C)cc3c3cc(C)ccc32)c(-n2c3ccccc3c3c4c(ccc32)oc2ccccc24)c(C#N)c(C#N)c1-n1c2ccccc2c2c3c(ccc21)oc1ccccc13. The molecule has 11 aromatic carbocycles. The fourth-order valence-corrected chi connectivity index (χ4v) is 13.8. The first-order chi connectivity index (χ1) is 39.3. The molecule has 0 spiro atoms. The highest BCUT2D eigenvalue weighted by Crippen LogP contribution is 2.51. The summed E-state index contributed by atoms with van der Waals surface area (Å²) < 4.78 is 22.6. The third-order valence-electron chi connectivity index (χ3n) is 17.0. The van der Waals surface area contributed by atoms with E-state index in [0.29, 0.717) is 11.4 Å². The molecule has 0 aliphatic carbocycles. The summed E-state index contributed by atoms with van der Waals surface area (Å²) >= 11 is 0. The monoisotopic (exact) mass is 1020 g/mol. The van der Waals surface area contributed by atoms with Crippen LogP contribution >= 0.6 is 0 Å². The van der Waals surface area contributed by atoms with Crippen LogP contribution in [0.2, 0.25) is 0 Å². The van der Waals surface area contributed by atoms with E-state index in [-0.39, 0.29) is 11.1 Å². The highest BCUT2D eigenvalue weighted by atomic mass is 16.3. The van der Waals surface area contributed by atoms with Crippen LogP contribution < -0.4 is 0 Å². The molecule has 80 heavy (non-hydrogen) atoms. The lowest BCUT2D eigenvalue weighted by Crippen LogP contribution is -2.17. The highest BCUT2D eigenvalue weighted by molar-refractivity contribution is 6.29. The van der Waals surface area contributed by atoms with E-state index in [4.69, 9.17) is 8.83 Å². The Balaban J connectivity index is 1.20. The van der Waals surface area contributed by atoms with Gasteiger partial charge in [0.1, 0.15) is 34.5 Å². The molecule has 8 heteroatoms. The van der Waals surface area contributed by atoms with Gasteiger partial charge in [-0.15, -0.1) is 0 Å². The van der Waals surface area contributed by atoms with Crippen molar-refractivity contribution in [2.75, 3.05) is 0 Å². The summed E-state index contributed by atoms with van der Waals surface area (Å²) in [6.07, 6.45) is 0. The quantitative estimate of drug-likeness (QED) is 0.175. The Bertz CT molecular complexity index is 5280. The zero-order valence-corrected chi connectivity index (χ0v) is 44.0. The van der Waals surface area contributed by atoms with Crippen molar-refractivity contribution >= 4 is 131 Å². The molecule has 8 nitrogen and oxygen atoms in total. The van der Waals surface area contributed by atoms with Crippen LogP contribution in [0.15, 0.2) is 203 Å². The molecule has 0 amide bonds. The number of nitriles is 2. The summed E-state index contributed by atoms with van der Waals surface area (Å²) in [7, 11) is 0. The van der Waals surface area contributed by atoms with E-state index in [1.54, 1.807) is 0 Å². The molecule has 374 valence electrons. The van der Waals surface area contributed by atoms with Gasteiger partial charge in [0.25, 0.3) is 0 Å². The van der Waals surface area contributed by atoms with Gasteiger partial charge in [-0.2, -0.15) is 10.5 Å². The van der Waals surface area contributed by atoms with Crippen LogP contribution in [0, 0.1) is 50.4 Å². The Morgan fingerprint density at radius 3 is 0.938 bits per heavy atom. The fraction of sp³-hybridized carbons (Fsp3) is 0.0556. The lowest BCUT2D eigenvalue weighted by molar-refractivity contribution is 0.669. The van der Waals surface area contributed by atoms with E-state index in [2.05, 4.69) is 228 Å². The van der Waals surface area contributed by atoms with Gasteiger partial charge in [-0.1, -0.05) is 119 Å². The predicted octanol–water partition coefficient (Wildman–Crippen LogP) is 18.9. The molecule has 0 saturated heterocycles. The summed E-state index contributed by atoms with van der Waals surface area (Å²) in [5, 5.41) is 37.3. The van der Waals surface area contributed by atoms with Crippen molar-refractivity contribution in [3.63, 3.8) is 0 Å². The average molecular weight is 1030 g/mol. The molecule has 0 N–H and O–H groups in total. The number of fused-ring (bicyclic) bond motifs is 20. The van der Waals surface area contributed by atoms with Crippen molar-refractivity contribution in [1.82, 2.24) is 18.3 Å². The van der Waals surface area contributed by atoms with E-state index < -0.39 is 0 Å². The Hall–Kier alpha value is -10.8. The number of hydrogen-bond donors (Lipinski definition) is 0. The molecule has 0 atom stereocenters. The number of aromatic nitrogens is 4. The maximum absolute atomic E-state index is 12.5. The topological polar surface area (TPSA) is 93.6 Å². The molecule has 17 rings (SSSR count). The zero-order valence-electron chi connectivity index (χ0n) is 44.0. The number of nitrogens with zero attached hydrogens (tertiary/aromatic N) is 6. The smallest absolute Gasteiger partial charge is 0.136 e. The van der Waals surface area contributed by atoms with Crippen LogP contribution in [0.25, 0.3) is 154 Å². The first kappa shape index (κ1) is 44.3. The molecule has 0 bridgehead atoms. The maximum atomic E-state index is 12.5. The summed E-state index contributed by atoms with van der Waals surface area (Å²) in [6, 6.07) is 74.1. The highest BCUT2D eigenvalue weighted by Gasteiger charge is 2.35. The van der Waals surface area contributed by atoms with Crippen molar-refractivity contribution in [2.24, 2.45) is 0 Å². The molecular weight excluding hydrogens is 981 g/mol. The third kappa shape index (κ3) is 5.71. The van der Waals surface area contributed by atoms with Gasteiger partial charge in [0, 0.05) is 64.6 Å². The number of furan rings is 2. The largest absolute Gasteiger partial charge is 0.456 e. The van der Waals surface area contributed by atoms with E-state index in [0.717, 1.165) is 165 Å². The standard InChI is InChI=1S/C72H44N6O2/c1-39-21-25-55-47(33-39)48-34-40(2)22-26-56(48)75(55)71-69(77-53-17-9-5-13-43(53)65-59(77)29-31-63-67(65)45-15-7-11-19-61(45)79-63)51(37-73)52(38-74)70(72(71)76-57-27-23-41(3)35-49(57)50-36-42(4)24-28-58(50)76)78-54-18-10-6-14-44(54)66-60(78)30-32-64-68(66)46-16-8-12-20-62(46)80-64/h5-36H,1-4H3. The van der Waals surface area contributed by atoms with Crippen LogP contribution in [-0.4, -0.2) is 18.3 Å². The molecule has 0 saturated carbocycles. The van der Waals surface area contributed by atoms with Crippen LogP contribution in [0.4, 0.5) is 0 Å². The molecule has 6 heterocycles. The Kier molecular flexibility index (Phi) is 8.81. The van der Waals surface area contributed by atoms with Gasteiger partial charge >= 0.3 is 0 Å². The Morgan fingerprint density at radius 2 is 0.575 bits per heavy atom. The molecular formula is C72H44N6O2. The summed E-state index contributed by atoms with van der Waals surface area (Å²) in [4.78, 5) is 0. The van der Waals surface area contributed by atoms with Crippen molar-refractivity contribution in [3.8, 4) is 34.9 Å². The van der Waals surface area contributed by atoms with E-state index in [1.165, 1.54) is 0 Å². The second-order valence-electron chi connectivity index (χ2n) is 21.7. The Labute approximate surface area is 456 Å². The third-order valence-corrected chi connectivity index (χ3v) is 17.0. The van der Waals surface area contributed by atoms with E-state index in [9.17, 15) is 10.5 Å². The first-order valence-corrected chi connectivity index (χ1v) is 27.0. The second-order valence-corrected chi connectivity index (χ2v) is 21.7. The molecule has 6 aromatic heterocycles. The first-order valence-electron chi connectivity index (χ1n) is 27.0. The van der Waals surface area contributed by atoms with Crippen LogP contribution in [0.1, 0.15) is 33.4 Å². The average Bonchev–Trinajstić information content (AvgIpc) is 4.50. The number of benzene rings is 11. The maximum Gasteiger partial charge on any atom is 0.136 e. The van der Waals surface area contributed by atoms with Crippen molar-refractivity contribution in [1.29, 1.82) is 10.5 Å². The van der Waals surface area contributed by atoms with Crippen LogP contribution in [0.5, 0.6) is 0 Å². The van der Waals surface area contributed by atoms with Crippen molar-refractivity contribution < 1.29 is 8.83 Å². The fourth-order valence-electron chi connectivity index (χ4n) is 13.8. The van der Waals surface area contributed by atoms with Crippen LogP contribution in [0.3, 0.4) is 0 Å². The Morgan fingerprint density at radius 1 is 0.275 bits per heavy atom. The molecule has 0 unspecified atom stereocenters. The number of para-hydroxylation sites is 4. The van der Waals surface area contributed by atoms with Gasteiger partial charge in [0.05, 0.1) is 78.0 Å². The summed E-state index contributed by atoms with van der Waals surface area (Å²) in [5.74, 6) is 0. The normalized spacial score (nSPS) is 12.2. The lowest BCUT2D eigenvalue weighted by Gasteiger charge is -2.27. The van der Waals surface area contributed by atoms with Gasteiger partial charge in [0.15, 0.2) is 0 Å². The van der Waals surface area contributed by atoms with E-state index >= 15 is 0 Å². The van der Waals surface area contributed by atoms with Gasteiger partial charge < -0.3 is 27.1 Å². The predicted molar refractivity (Wildman–Crippen MR) is 327 cm³/mol. The van der Waals surface area contributed by atoms with Crippen molar-refractivity contribution in [2.45, 2.75) is 27.7 Å². The molecule has 17 aromatic rings. The second kappa shape index (κ2) is 15.9. The van der Waals surface area contributed by atoms with Gasteiger partial charge in [-0.25, -0.2) is 0 Å². The van der Waals surface area contributed by atoms with Gasteiger partial charge in [-0.05, 0) is 125 Å². The molecule has 0 fully saturated rings. The zero-order chi connectivity index (χ0) is 53.4. The molecule has 0 radical (unpaired) electrons. The molecule has 0 aliphatic heterocycles. The van der Waals surface area contributed by atoms with Crippen molar-refractivity contribution in [3.05, 3.63) is 228 Å². The number of hydrogen-bond acceptors (Lipinski definition) is 4. The van der Waals surface area contributed by atoms with E-state index in [1.807, 2.05) is 24.3 Å².